The molecule has 1 aromatic carbocycles. The molecule has 7 heteroatoms. The van der Waals surface area contributed by atoms with Gasteiger partial charge >= 0.3 is 0 Å². The quantitative estimate of drug-likeness (QED) is 0.849. The predicted molar refractivity (Wildman–Crippen MR) is 72.2 cm³/mol. The summed E-state index contributed by atoms with van der Waals surface area (Å²) in [5.74, 6) is -1.92. The molecule has 1 aromatic heterocycles. The van der Waals surface area contributed by atoms with Crippen LogP contribution in [0.15, 0.2) is 30.9 Å². The molecule has 1 atom stereocenters. The van der Waals surface area contributed by atoms with Crippen molar-refractivity contribution in [3.8, 4) is 0 Å². The summed E-state index contributed by atoms with van der Waals surface area (Å²) in [6, 6.07) is 3.31. The normalized spacial score (nSPS) is 12.2. The minimum Gasteiger partial charge on any atom is -0.339 e. The van der Waals surface area contributed by atoms with Crippen molar-refractivity contribution in [2.75, 3.05) is 7.05 Å². The van der Waals surface area contributed by atoms with Crippen molar-refractivity contribution in [1.29, 1.82) is 0 Å². The van der Waals surface area contributed by atoms with E-state index in [0.717, 1.165) is 12.1 Å². The zero-order valence-corrected chi connectivity index (χ0v) is 11.8. The van der Waals surface area contributed by atoms with Crippen molar-refractivity contribution in [3.05, 3.63) is 48.1 Å². The van der Waals surface area contributed by atoms with E-state index >= 15 is 0 Å². The summed E-state index contributed by atoms with van der Waals surface area (Å²) in [5.41, 5.74) is 0.547. The van der Waals surface area contributed by atoms with Crippen LogP contribution < -0.4 is 0 Å². The average molecular weight is 294 g/mol. The van der Waals surface area contributed by atoms with E-state index in [-0.39, 0.29) is 18.4 Å². The lowest BCUT2D eigenvalue weighted by molar-refractivity contribution is -0.132. The molecule has 0 aliphatic heterocycles. The summed E-state index contributed by atoms with van der Waals surface area (Å²) >= 11 is 0. The predicted octanol–water partition coefficient (Wildman–Crippen LogP) is 2.17. The Hall–Kier alpha value is -2.31. The number of rotatable bonds is 5. The Morgan fingerprint density at radius 3 is 2.76 bits per heavy atom. The number of hydrogen-bond donors (Lipinski definition) is 0. The molecule has 112 valence electrons. The Morgan fingerprint density at radius 2 is 2.14 bits per heavy atom. The number of benzene rings is 1. The lowest BCUT2D eigenvalue weighted by atomic mass is 10.1. The maximum atomic E-state index is 13.2. The molecule has 0 bridgehead atoms. The van der Waals surface area contributed by atoms with Crippen LogP contribution in [0.25, 0.3) is 0 Å². The van der Waals surface area contributed by atoms with E-state index in [4.69, 9.17) is 0 Å². The molecular weight excluding hydrogens is 278 g/mol. The first-order chi connectivity index (χ1) is 9.99. The Morgan fingerprint density at radius 1 is 1.38 bits per heavy atom. The molecule has 0 saturated heterocycles. The van der Waals surface area contributed by atoms with Crippen LogP contribution in [0.5, 0.6) is 0 Å². The van der Waals surface area contributed by atoms with Gasteiger partial charge in [0.15, 0.2) is 11.6 Å². The third kappa shape index (κ3) is 3.62. The van der Waals surface area contributed by atoms with Gasteiger partial charge in [-0.3, -0.25) is 9.48 Å². The number of nitrogens with zero attached hydrogens (tertiary/aromatic N) is 4. The fourth-order valence-corrected chi connectivity index (χ4v) is 1.95. The maximum Gasteiger partial charge on any atom is 0.224 e. The summed E-state index contributed by atoms with van der Waals surface area (Å²) in [6.45, 7) is 2.19. The molecule has 0 spiro atoms. The van der Waals surface area contributed by atoms with Gasteiger partial charge in [-0.25, -0.2) is 13.8 Å². The van der Waals surface area contributed by atoms with Crippen LogP contribution in [0.4, 0.5) is 8.78 Å². The molecule has 2 rings (SSSR count). The lowest BCUT2D eigenvalue weighted by Crippen LogP contribution is -2.30. The third-order valence-corrected chi connectivity index (χ3v) is 3.42. The Labute approximate surface area is 121 Å². The topological polar surface area (TPSA) is 51.0 Å². The van der Waals surface area contributed by atoms with Crippen molar-refractivity contribution in [3.63, 3.8) is 0 Å². The van der Waals surface area contributed by atoms with Gasteiger partial charge < -0.3 is 4.90 Å². The highest BCUT2D eigenvalue weighted by atomic mass is 19.2. The Kier molecular flexibility index (Phi) is 4.62. The van der Waals surface area contributed by atoms with Crippen molar-refractivity contribution in [1.82, 2.24) is 19.7 Å². The first-order valence-electron chi connectivity index (χ1n) is 6.52. The SMILES string of the molecule is CC(c1ccc(F)c(F)c1)N(C)C(=O)CCn1cncn1. The fraction of sp³-hybridized carbons (Fsp3) is 0.357. The lowest BCUT2D eigenvalue weighted by Gasteiger charge is -2.25. The molecule has 21 heavy (non-hydrogen) atoms. The molecule has 0 fully saturated rings. The number of aryl methyl sites for hydroxylation is 1. The summed E-state index contributed by atoms with van der Waals surface area (Å²) in [5, 5.41) is 3.92. The number of amides is 1. The van der Waals surface area contributed by atoms with Crippen LogP contribution in [-0.4, -0.2) is 32.6 Å². The van der Waals surface area contributed by atoms with E-state index < -0.39 is 11.6 Å². The second kappa shape index (κ2) is 6.43. The highest BCUT2D eigenvalue weighted by molar-refractivity contribution is 5.76. The van der Waals surface area contributed by atoms with Gasteiger partial charge in [0, 0.05) is 13.5 Å². The molecule has 5 nitrogen and oxygen atoms in total. The third-order valence-electron chi connectivity index (χ3n) is 3.42. The molecule has 0 N–H and O–H groups in total. The highest BCUT2D eigenvalue weighted by Gasteiger charge is 2.18. The summed E-state index contributed by atoms with van der Waals surface area (Å²) in [6.07, 6.45) is 3.19. The van der Waals surface area contributed by atoms with Crippen LogP contribution in [0.2, 0.25) is 0 Å². The molecule has 2 aromatic rings. The van der Waals surface area contributed by atoms with Crippen LogP contribution in [0.1, 0.15) is 24.9 Å². The maximum absolute atomic E-state index is 13.2. The van der Waals surface area contributed by atoms with Crippen LogP contribution in [-0.2, 0) is 11.3 Å². The van der Waals surface area contributed by atoms with Gasteiger partial charge in [0.05, 0.1) is 12.6 Å². The van der Waals surface area contributed by atoms with Crippen molar-refractivity contribution < 1.29 is 13.6 Å². The molecule has 0 radical (unpaired) electrons. The first kappa shape index (κ1) is 15.1. The molecule has 0 aliphatic carbocycles. The number of halogens is 2. The second-order valence-corrected chi connectivity index (χ2v) is 4.76. The average Bonchev–Trinajstić information content (AvgIpc) is 2.99. The van der Waals surface area contributed by atoms with E-state index in [1.165, 1.54) is 23.6 Å². The largest absolute Gasteiger partial charge is 0.339 e. The van der Waals surface area contributed by atoms with Gasteiger partial charge in [0.1, 0.15) is 12.7 Å². The van der Waals surface area contributed by atoms with Crippen molar-refractivity contribution in [2.24, 2.45) is 0 Å². The van der Waals surface area contributed by atoms with E-state index in [2.05, 4.69) is 10.1 Å². The molecule has 1 heterocycles. The Balaban J connectivity index is 1.98. The fourth-order valence-electron chi connectivity index (χ4n) is 1.95. The number of carbonyl (C=O) groups is 1. The van der Waals surface area contributed by atoms with Gasteiger partial charge in [0.2, 0.25) is 5.91 Å². The standard InChI is InChI=1S/C14H16F2N4O/c1-10(11-3-4-12(15)13(16)7-11)19(2)14(21)5-6-20-9-17-8-18-20/h3-4,7-10H,5-6H2,1-2H3. The minimum atomic E-state index is -0.914. The van der Waals surface area contributed by atoms with Crippen LogP contribution >= 0.6 is 0 Å². The van der Waals surface area contributed by atoms with Gasteiger partial charge in [-0.2, -0.15) is 5.10 Å². The molecule has 0 saturated carbocycles. The van der Waals surface area contributed by atoms with Gasteiger partial charge in [-0.1, -0.05) is 6.07 Å². The Bertz CT molecular complexity index is 615. The number of aromatic nitrogens is 3. The molecule has 0 aliphatic rings. The monoisotopic (exact) mass is 294 g/mol. The van der Waals surface area contributed by atoms with Crippen LogP contribution in [0, 0.1) is 11.6 Å². The molecule has 1 unspecified atom stereocenters. The summed E-state index contributed by atoms with van der Waals surface area (Å²) in [7, 11) is 1.63. The number of carbonyl (C=O) groups excluding carboxylic acids is 1. The zero-order chi connectivity index (χ0) is 15.4. The summed E-state index contributed by atoms with van der Waals surface area (Å²) in [4.78, 5) is 17.4. The summed E-state index contributed by atoms with van der Waals surface area (Å²) < 4.78 is 27.7. The van der Waals surface area contributed by atoms with Gasteiger partial charge in [-0.15, -0.1) is 0 Å². The van der Waals surface area contributed by atoms with E-state index in [9.17, 15) is 13.6 Å². The van der Waals surface area contributed by atoms with Crippen LogP contribution in [0.3, 0.4) is 0 Å². The molecule has 1 amide bonds. The van der Waals surface area contributed by atoms with Gasteiger partial charge in [0.25, 0.3) is 0 Å². The van der Waals surface area contributed by atoms with Crippen molar-refractivity contribution in [2.45, 2.75) is 25.9 Å². The molecular formula is C14H16F2N4O. The zero-order valence-electron chi connectivity index (χ0n) is 11.8. The van der Waals surface area contributed by atoms with E-state index in [0.29, 0.717) is 12.1 Å². The van der Waals surface area contributed by atoms with E-state index in [1.807, 2.05) is 0 Å². The van der Waals surface area contributed by atoms with Gasteiger partial charge in [-0.05, 0) is 24.6 Å². The highest BCUT2D eigenvalue weighted by Crippen LogP contribution is 2.21. The number of hydrogen-bond acceptors (Lipinski definition) is 3. The minimum absolute atomic E-state index is 0.109. The van der Waals surface area contributed by atoms with E-state index in [1.54, 1.807) is 18.7 Å². The second-order valence-electron chi connectivity index (χ2n) is 4.76. The first-order valence-corrected chi connectivity index (χ1v) is 6.52. The smallest absolute Gasteiger partial charge is 0.224 e. The van der Waals surface area contributed by atoms with Crippen molar-refractivity contribution >= 4 is 5.91 Å².